The molecular weight excluding hydrogens is 741 g/mol. The Hall–Kier alpha value is -6.07. The standard InChI is InChI=1S/C48H56N6O5/c1-33-19-24-41(49-30-33)38-22-20-36(21-23-38)27-40(51-46(57)59-32-37-16-10-7-11-17-37)29-43(55)42(28-35-14-8-6-9-15-35)52-45(56)44(48(3,4)5)54-26-25-53(47(54)58)31-39-18-12-13-34(2)50-39/h6-24,30,40,42-44,55H,25-29,31-32H2,1-5H3,(H,51,57)(H,52,56)/t40?,42-,43-,44+/m0/s1. The van der Waals surface area contributed by atoms with E-state index in [1.165, 1.54) is 0 Å². The van der Waals surface area contributed by atoms with Crippen molar-refractivity contribution in [2.45, 2.75) is 91.3 Å². The van der Waals surface area contributed by atoms with Crippen molar-refractivity contribution >= 4 is 18.0 Å². The second-order valence-corrected chi connectivity index (χ2v) is 16.6. The number of aliphatic hydroxyl groups is 1. The van der Waals surface area contributed by atoms with Gasteiger partial charge in [0.1, 0.15) is 12.6 Å². The van der Waals surface area contributed by atoms with E-state index in [1.807, 2.05) is 156 Å². The molecule has 308 valence electrons. The van der Waals surface area contributed by atoms with E-state index in [9.17, 15) is 19.5 Å². The maximum atomic E-state index is 14.5. The lowest BCUT2D eigenvalue weighted by atomic mass is 9.84. The molecule has 0 aliphatic carbocycles. The average Bonchev–Trinajstić information content (AvgIpc) is 3.55. The monoisotopic (exact) mass is 796 g/mol. The molecule has 3 aromatic carbocycles. The average molecular weight is 797 g/mol. The molecule has 0 radical (unpaired) electrons. The van der Waals surface area contributed by atoms with E-state index >= 15 is 0 Å². The fourth-order valence-corrected chi connectivity index (χ4v) is 7.60. The number of benzene rings is 3. The van der Waals surface area contributed by atoms with Gasteiger partial charge in [0.15, 0.2) is 0 Å². The van der Waals surface area contributed by atoms with Crippen LogP contribution in [0.5, 0.6) is 0 Å². The number of aryl methyl sites for hydroxylation is 2. The predicted octanol–water partition coefficient (Wildman–Crippen LogP) is 7.43. The van der Waals surface area contributed by atoms with Crippen LogP contribution in [0.25, 0.3) is 11.3 Å². The molecule has 3 heterocycles. The Labute approximate surface area is 347 Å². The Morgan fingerprint density at radius 1 is 0.797 bits per heavy atom. The quantitative estimate of drug-likeness (QED) is 0.0945. The second-order valence-electron chi connectivity index (χ2n) is 16.6. The van der Waals surface area contributed by atoms with Gasteiger partial charge in [-0.2, -0.15) is 0 Å². The van der Waals surface area contributed by atoms with E-state index in [1.54, 1.807) is 9.80 Å². The molecule has 11 nitrogen and oxygen atoms in total. The number of rotatable bonds is 16. The molecule has 4 amide bonds. The number of urea groups is 1. The van der Waals surface area contributed by atoms with Gasteiger partial charge < -0.3 is 30.3 Å². The fourth-order valence-electron chi connectivity index (χ4n) is 7.60. The van der Waals surface area contributed by atoms with E-state index in [0.717, 1.165) is 44.9 Å². The fraction of sp³-hybridized carbons (Fsp3) is 0.354. The third-order valence-electron chi connectivity index (χ3n) is 10.6. The number of aromatic nitrogens is 2. The number of carbonyl (C=O) groups is 3. The molecule has 11 heteroatoms. The molecule has 3 N–H and O–H groups in total. The van der Waals surface area contributed by atoms with Gasteiger partial charge in [-0.25, -0.2) is 9.59 Å². The molecule has 4 atom stereocenters. The minimum Gasteiger partial charge on any atom is -0.445 e. The Kier molecular flexibility index (Phi) is 14.1. The number of carbonyl (C=O) groups excluding carboxylic acids is 3. The number of pyridine rings is 2. The SMILES string of the molecule is Cc1ccc(-c2ccc(CC(C[C@H](O)[C@H](Cc3ccccc3)NC(=O)[C@@H](N3CCN(Cc4cccc(C)n4)C3=O)C(C)(C)C)NC(=O)OCc3ccccc3)cc2)nc1. The van der Waals surface area contributed by atoms with Gasteiger partial charge in [0.2, 0.25) is 5.91 Å². The zero-order valence-corrected chi connectivity index (χ0v) is 34.7. The van der Waals surface area contributed by atoms with E-state index in [4.69, 9.17) is 4.74 Å². The van der Waals surface area contributed by atoms with Crippen LogP contribution in [0, 0.1) is 19.3 Å². The van der Waals surface area contributed by atoms with Crippen molar-refractivity contribution < 1.29 is 24.2 Å². The largest absolute Gasteiger partial charge is 0.445 e. The van der Waals surface area contributed by atoms with E-state index in [-0.39, 0.29) is 25.0 Å². The van der Waals surface area contributed by atoms with Crippen molar-refractivity contribution in [2.75, 3.05) is 13.1 Å². The van der Waals surface area contributed by atoms with Crippen LogP contribution in [0.15, 0.2) is 121 Å². The molecule has 0 saturated carbocycles. The summed E-state index contributed by atoms with van der Waals surface area (Å²) in [6.07, 6.45) is 0.965. The number of amides is 4. The van der Waals surface area contributed by atoms with Gasteiger partial charge in [-0.15, -0.1) is 0 Å². The Morgan fingerprint density at radius 2 is 1.47 bits per heavy atom. The first-order valence-corrected chi connectivity index (χ1v) is 20.3. The third-order valence-corrected chi connectivity index (χ3v) is 10.6. The lowest BCUT2D eigenvalue weighted by molar-refractivity contribution is -0.130. The molecule has 6 rings (SSSR count). The highest BCUT2D eigenvalue weighted by molar-refractivity contribution is 5.89. The van der Waals surface area contributed by atoms with Crippen LogP contribution in [0.4, 0.5) is 9.59 Å². The van der Waals surface area contributed by atoms with Crippen LogP contribution in [0.2, 0.25) is 0 Å². The molecule has 0 bridgehead atoms. The van der Waals surface area contributed by atoms with Gasteiger partial charge in [0.25, 0.3) is 0 Å². The summed E-state index contributed by atoms with van der Waals surface area (Å²) in [5.41, 5.74) is 6.64. The summed E-state index contributed by atoms with van der Waals surface area (Å²) in [7, 11) is 0. The first-order valence-electron chi connectivity index (χ1n) is 20.3. The summed E-state index contributed by atoms with van der Waals surface area (Å²) in [5.74, 6) is -0.353. The first-order chi connectivity index (χ1) is 28.3. The molecule has 59 heavy (non-hydrogen) atoms. The van der Waals surface area contributed by atoms with Crippen LogP contribution in [0.1, 0.15) is 60.8 Å². The maximum absolute atomic E-state index is 14.5. The lowest BCUT2D eigenvalue weighted by Crippen LogP contribution is -2.58. The highest BCUT2D eigenvalue weighted by Crippen LogP contribution is 2.29. The molecule has 0 spiro atoms. The van der Waals surface area contributed by atoms with E-state index in [2.05, 4.69) is 20.6 Å². The van der Waals surface area contributed by atoms with Crippen molar-refractivity contribution in [3.63, 3.8) is 0 Å². The minimum absolute atomic E-state index is 0.0925. The van der Waals surface area contributed by atoms with Crippen LogP contribution >= 0.6 is 0 Å². The summed E-state index contributed by atoms with van der Waals surface area (Å²) >= 11 is 0. The van der Waals surface area contributed by atoms with Crippen molar-refractivity contribution in [1.29, 1.82) is 0 Å². The summed E-state index contributed by atoms with van der Waals surface area (Å²) in [6, 6.07) is 34.5. The molecule has 1 aliphatic rings. The topological polar surface area (TPSA) is 137 Å². The number of hydrogen-bond acceptors (Lipinski definition) is 7. The highest BCUT2D eigenvalue weighted by atomic mass is 16.5. The van der Waals surface area contributed by atoms with Crippen molar-refractivity contribution in [2.24, 2.45) is 5.41 Å². The van der Waals surface area contributed by atoms with Crippen LogP contribution < -0.4 is 10.6 Å². The maximum Gasteiger partial charge on any atom is 0.407 e. The van der Waals surface area contributed by atoms with Gasteiger partial charge in [-0.05, 0) is 79.0 Å². The van der Waals surface area contributed by atoms with Crippen molar-refractivity contribution in [1.82, 2.24) is 30.4 Å². The Bertz CT molecular complexity index is 2140. The van der Waals surface area contributed by atoms with Gasteiger partial charge in [0.05, 0.1) is 30.1 Å². The predicted molar refractivity (Wildman–Crippen MR) is 229 cm³/mol. The molecule has 1 unspecified atom stereocenters. The number of alkyl carbamates (subject to hydrolysis) is 1. The number of ether oxygens (including phenoxy) is 1. The summed E-state index contributed by atoms with van der Waals surface area (Å²) in [4.78, 5) is 54.2. The normalized spacial score (nSPS) is 15.0. The number of aliphatic hydroxyl groups excluding tert-OH is 1. The highest BCUT2D eigenvalue weighted by Gasteiger charge is 2.44. The van der Waals surface area contributed by atoms with Gasteiger partial charge >= 0.3 is 12.1 Å². The van der Waals surface area contributed by atoms with Crippen LogP contribution in [0.3, 0.4) is 0 Å². The molecule has 2 aromatic heterocycles. The van der Waals surface area contributed by atoms with Crippen molar-refractivity contribution in [3.05, 3.63) is 155 Å². The second kappa shape index (κ2) is 19.6. The third kappa shape index (κ3) is 12.0. The van der Waals surface area contributed by atoms with E-state index < -0.39 is 35.7 Å². The van der Waals surface area contributed by atoms with Crippen LogP contribution in [-0.4, -0.2) is 80.2 Å². The zero-order valence-electron chi connectivity index (χ0n) is 34.7. The Morgan fingerprint density at radius 3 is 2.12 bits per heavy atom. The van der Waals surface area contributed by atoms with Gasteiger partial charge in [-0.3, -0.25) is 14.8 Å². The van der Waals surface area contributed by atoms with Gasteiger partial charge in [0, 0.05) is 36.6 Å². The number of nitrogens with zero attached hydrogens (tertiary/aromatic N) is 4. The van der Waals surface area contributed by atoms with Crippen LogP contribution in [-0.2, 0) is 35.5 Å². The number of nitrogens with one attached hydrogen (secondary N) is 2. The summed E-state index contributed by atoms with van der Waals surface area (Å²) in [5, 5.41) is 18.3. The molecule has 1 fully saturated rings. The van der Waals surface area contributed by atoms with Crippen molar-refractivity contribution in [3.8, 4) is 11.3 Å². The minimum atomic E-state index is -1.09. The Balaban J connectivity index is 1.21. The number of hydrogen-bond donors (Lipinski definition) is 3. The molecule has 1 saturated heterocycles. The molecule has 1 aliphatic heterocycles. The zero-order chi connectivity index (χ0) is 41.9. The first kappa shape index (κ1) is 42.5. The molecular formula is C48H56N6O5. The lowest BCUT2D eigenvalue weighted by Gasteiger charge is -2.38. The summed E-state index contributed by atoms with van der Waals surface area (Å²) < 4.78 is 5.62. The van der Waals surface area contributed by atoms with Gasteiger partial charge in [-0.1, -0.05) is 118 Å². The summed E-state index contributed by atoms with van der Waals surface area (Å²) in [6.45, 7) is 11.0. The van der Waals surface area contributed by atoms with E-state index in [0.29, 0.717) is 32.5 Å². The molecule has 5 aromatic rings. The smallest absolute Gasteiger partial charge is 0.407 e.